The van der Waals surface area contributed by atoms with Crippen LogP contribution in [0.15, 0.2) is 59.8 Å². The van der Waals surface area contributed by atoms with Crippen LogP contribution >= 0.6 is 0 Å². The molecule has 0 bridgehead atoms. The van der Waals surface area contributed by atoms with Gasteiger partial charge >= 0.3 is 35.7 Å². The van der Waals surface area contributed by atoms with E-state index in [0.29, 0.717) is 21.8 Å². The fourth-order valence-corrected chi connectivity index (χ4v) is 5.31. The first kappa shape index (κ1) is 31.4. The van der Waals surface area contributed by atoms with Crippen LogP contribution in [0.1, 0.15) is 23.4 Å². The van der Waals surface area contributed by atoms with Crippen LogP contribution in [0.25, 0.3) is 32.7 Å². The number of aromatic amines is 2. The van der Waals surface area contributed by atoms with Crippen LogP contribution in [0.2, 0.25) is 0 Å². The van der Waals surface area contributed by atoms with E-state index in [1.807, 2.05) is 0 Å². The molecule has 0 saturated carbocycles. The van der Waals surface area contributed by atoms with Gasteiger partial charge in [-0.2, -0.15) is 26.3 Å². The molecule has 1 atom stereocenters. The van der Waals surface area contributed by atoms with Gasteiger partial charge in [0.1, 0.15) is 16.4 Å². The molecule has 1 aliphatic rings. The van der Waals surface area contributed by atoms with Gasteiger partial charge in [0.2, 0.25) is 5.28 Å². The number of H-pyrrole nitrogens is 2. The molecule has 0 aliphatic carbocycles. The summed E-state index contributed by atoms with van der Waals surface area (Å²) in [5, 5.41) is 3.62. The summed E-state index contributed by atoms with van der Waals surface area (Å²) in [4.78, 5) is 51.9. The minimum absolute atomic E-state index is 0.00858. The van der Waals surface area contributed by atoms with Gasteiger partial charge in [0.05, 0.1) is 22.4 Å². The van der Waals surface area contributed by atoms with Crippen LogP contribution in [0.4, 0.5) is 30.7 Å². The average Bonchev–Trinajstić information content (AvgIpc) is 3.64. The second-order valence-corrected chi connectivity index (χ2v) is 10.2. The molecule has 0 amide bonds. The van der Waals surface area contributed by atoms with Gasteiger partial charge in [-0.1, -0.05) is 18.2 Å². The number of aryl methyl sites for hydroxylation is 1. The summed E-state index contributed by atoms with van der Waals surface area (Å²) >= 11 is 0. The smallest absolute Gasteiger partial charge is 0.396 e. The number of benzene rings is 2. The molecule has 1 unspecified atom stereocenters. The number of hydrogen-bond acceptors (Lipinski definition) is 8. The number of esters is 1. The zero-order valence-corrected chi connectivity index (χ0v) is 23.4. The van der Waals surface area contributed by atoms with Gasteiger partial charge in [-0.25, -0.2) is 19.0 Å². The maximum Gasteiger partial charge on any atom is 0.493 e. The largest absolute Gasteiger partial charge is 0.493 e. The molecule has 19 heteroatoms. The van der Waals surface area contributed by atoms with Crippen molar-refractivity contribution in [2.45, 2.75) is 30.9 Å². The monoisotopic (exact) mass is 666 g/mol. The Labute approximate surface area is 256 Å². The van der Waals surface area contributed by atoms with Crippen LogP contribution < -0.4 is 5.73 Å². The number of para-hydroxylation sites is 1. The summed E-state index contributed by atoms with van der Waals surface area (Å²) in [5.41, 5.74) is 0.846. The number of alkyl halides is 6. The van der Waals surface area contributed by atoms with Crippen LogP contribution in [-0.4, -0.2) is 61.6 Å². The highest BCUT2D eigenvalue weighted by Gasteiger charge is 2.70. The van der Waals surface area contributed by atoms with Crippen molar-refractivity contribution in [2.24, 2.45) is 10.8 Å². The van der Waals surface area contributed by atoms with E-state index in [1.165, 1.54) is 12.3 Å². The van der Waals surface area contributed by atoms with Gasteiger partial charge < -0.3 is 20.4 Å². The lowest BCUT2D eigenvalue weighted by Crippen LogP contribution is -2.51. The first-order valence-corrected chi connectivity index (χ1v) is 13.5. The minimum Gasteiger partial charge on any atom is -0.396 e. The van der Waals surface area contributed by atoms with Crippen molar-refractivity contribution in [2.75, 3.05) is 6.54 Å². The van der Waals surface area contributed by atoms with Gasteiger partial charge in [0.15, 0.2) is 0 Å². The number of nitroso groups, excluding NO2 is 1. The third kappa shape index (κ3) is 5.27. The number of hydrazine groups is 1. The Hall–Kier alpha value is -5.59. The number of ether oxygens (including phenoxy) is 1. The molecule has 1 aliphatic heterocycles. The van der Waals surface area contributed by atoms with E-state index in [1.54, 1.807) is 24.3 Å². The molecule has 0 spiro atoms. The summed E-state index contributed by atoms with van der Waals surface area (Å²) in [5.74, 6) is -6.93. The van der Waals surface area contributed by atoms with E-state index in [2.05, 4.69) is 24.9 Å². The molecule has 12 nitrogen and oxygen atoms in total. The van der Waals surface area contributed by atoms with Crippen LogP contribution in [0, 0.1) is 10.7 Å². The van der Waals surface area contributed by atoms with Crippen LogP contribution in [0.5, 0.6) is 0 Å². The number of pyridine rings is 1. The SMILES string of the molecule is NCCCc1[nH]c2ccc(F)cc2c1C1(OC(=O)C(F)(F)F)C(c2cc3c(cn2)[nH]c2ccccc23)=NN(OC(=O)C(F)(F)F)[N+]1=O. The number of hydrogen-bond donors (Lipinski definition) is 3. The van der Waals surface area contributed by atoms with Crippen molar-refractivity contribution in [1.29, 1.82) is 0 Å². The molecule has 0 fully saturated rings. The lowest BCUT2D eigenvalue weighted by molar-refractivity contribution is -0.826. The molecule has 2 aromatic carbocycles. The molecule has 4 N–H and O–H groups in total. The lowest BCUT2D eigenvalue weighted by atomic mass is 9.91. The molecular formula is C28H19F7N7O5+. The zero-order chi connectivity index (χ0) is 33.9. The second-order valence-electron chi connectivity index (χ2n) is 10.2. The topological polar surface area (TPSA) is 159 Å². The summed E-state index contributed by atoms with van der Waals surface area (Å²) in [6.45, 7) is 0.00858. The predicted molar refractivity (Wildman–Crippen MR) is 147 cm³/mol. The number of carbonyl (C=O) groups excluding carboxylic acids is 2. The van der Waals surface area contributed by atoms with Gasteiger partial charge in [0.25, 0.3) is 0 Å². The lowest BCUT2D eigenvalue weighted by Gasteiger charge is -2.24. The fourth-order valence-electron chi connectivity index (χ4n) is 5.31. The summed E-state index contributed by atoms with van der Waals surface area (Å²) in [7, 11) is 0. The van der Waals surface area contributed by atoms with Gasteiger partial charge in [0, 0.05) is 32.9 Å². The number of nitrogens with zero attached hydrogens (tertiary/aromatic N) is 4. The Bertz CT molecular complexity index is 2120. The van der Waals surface area contributed by atoms with Crippen molar-refractivity contribution in [3.63, 3.8) is 0 Å². The summed E-state index contributed by atoms with van der Waals surface area (Å²) in [6, 6.07) is 10.9. The average molecular weight is 666 g/mol. The number of nitrogens with two attached hydrogens (primary N) is 1. The third-order valence-electron chi connectivity index (χ3n) is 7.24. The molecule has 0 saturated heterocycles. The number of halogens is 7. The fraction of sp³-hybridized carbons (Fsp3) is 0.214. The highest BCUT2D eigenvalue weighted by atomic mass is 19.4. The van der Waals surface area contributed by atoms with Crippen molar-refractivity contribution in [3.8, 4) is 0 Å². The van der Waals surface area contributed by atoms with E-state index >= 15 is 0 Å². The molecule has 3 aromatic heterocycles. The van der Waals surface area contributed by atoms with Gasteiger partial charge in [-0.05, 0) is 54.6 Å². The maximum atomic E-state index is 14.7. The van der Waals surface area contributed by atoms with Gasteiger partial charge in [-0.15, -0.1) is 0 Å². The van der Waals surface area contributed by atoms with E-state index in [4.69, 9.17) is 10.5 Å². The van der Waals surface area contributed by atoms with E-state index in [-0.39, 0.29) is 36.0 Å². The normalized spacial score (nSPS) is 17.1. The predicted octanol–water partition coefficient (Wildman–Crippen LogP) is 4.92. The van der Waals surface area contributed by atoms with Crippen molar-refractivity contribution >= 4 is 50.4 Å². The van der Waals surface area contributed by atoms with Crippen molar-refractivity contribution in [3.05, 3.63) is 82.4 Å². The molecular weight excluding hydrogens is 647 g/mol. The Kier molecular flexibility index (Phi) is 7.37. The van der Waals surface area contributed by atoms with Crippen molar-refractivity contribution < 1.29 is 54.8 Å². The van der Waals surface area contributed by atoms with E-state index in [0.717, 1.165) is 18.2 Å². The highest BCUT2D eigenvalue weighted by Crippen LogP contribution is 2.45. The number of aromatic nitrogens is 3. The van der Waals surface area contributed by atoms with E-state index in [9.17, 15) is 45.2 Å². The summed E-state index contributed by atoms with van der Waals surface area (Å²) in [6.07, 6.45) is -10.3. The number of rotatable bonds is 7. The minimum atomic E-state index is -5.78. The molecule has 5 aromatic rings. The Morgan fingerprint density at radius 1 is 0.915 bits per heavy atom. The first-order chi connectivity index (χ1) is 22.1. The quantitative estimate of drug-likeness (QED) is 0.126. The second kappa shape index (κ2) is 11.0. The maximum absolute atomic E-state index is 14.7. The van der Waals surface area contributed by atoms with Crippen molar-refractivity contribution in [1.82, 2.24) is 20.2 Å². The number of carbonyl (C=O) groups is 2. The molecule has 4 heterocycles. The zero-order valence-electron chi connectivity index (χ0n) is 23.4. The van der Waals surface area contributed by atoms with Crippen LogP contribution in [0.3, 0.4) is 0 Å². The van der Waals surface area contributed by atoms with Crippen LogP contribution in [-0.2, 0) is 31.3 Å². The molecule has 6 rings (SSSR count). The first-order valence-electron chi connectivity index (χ1n) is 13.5. The molecule has 47 heavy (non-hydrogen) atoms. The third-order valence-corrected chi connectivity index (χ3v) is 7.24. The molecule has 244 valence electrons. The van der Waals surface area contributed by atoms with Gasteiger partial charge in [-0.3, -0.25) is 4.84 Å². The number of hydrazone groups is 1. The summed E-state index contributed by atoms with van der Waals surface area (Å²) < 4.78 is 101. The number of fused-ring (bicyclic) bond motifs is 4. The Morgan fingerprint density at radius 2 is 1.62 bits per heavy atom. The van der Waals surface area contributed by atoms with E-state index < -0.39 is 63.0 Å². The standard InChI is InChI=1S/C28H19F7N7O5/c29-13-7-8-18-16(10-13)22(19(38-18)6-3-9-36)26(46-24(43)27(30,31)32)23(40-42(41(26)45)47-25(44)28(33,34)35)20-11-15-14-4-1-2-5-17(14)39-21(15)12-37-20/h1-2,4-5,7-8,10-12,38-39H,3,6,9,36H2/q+1. The Balaban J connectivity index is 1.69. The Morgan fingerprint density at radius 3 is 2.32 bits per heavy atom. The highest BCUT2D eigenvalue weighted by molar-refractivity contribution is 6.13. The number of nitrogens with one attached hydrogen (secondary N) is 2. The molecule has 0 radical (unpaired) electrons.